The maximum absolute atomic E-state index is 12.7. The van der Waals surface area contributed by atoms with Gasteiger partial charge in [0.25, 0.3) is 0 Å². The number of ether oxygens (including phenoxy) is 2. The van der Waals surface area contributed by atoms with Crippen molar-refractivity contribution in [2.24, 2.45) is 0 Å². The molecule has 0 aliphatic rings. The van der Waals surface area contributed by atoms with Crippen LogP contribution in [0.4, 0.5) is 13.2 Å². The van der Waals surface area contributed by atoms with Crippen molar-refractivity contribution in [1.29, 1.82) is 0 Å². The number of carbonyl (C=O) groups is 1. The topological polar surface area (TPSA) is 81.8 Å². The highest BCUT2D eigenvalue weighted by Gasteiger charge is 2.30. The van der Waals surface area contributed by atoms with Crippen molar-refractivity contribution >= 4 is 5.97 Å². The highest BCUT2D eigenvalue weighted by molar-refractivity contribution is 5.67. The van der Waals surface area contributed by atoms with Crippen LogP contribution in [0.2, 0.25) is 0 Å². The highest BCUT2D eigenvalue weighted by atomic mass is 19.4. The fourth-order valence-electron chi connectivity index (χ4n) is 2.87. The average Bonchev–Trinajstić information content (AvgIpc) is 3.11. The SMILES string of the molecule is COc1cc(CCC(=O)O)ccc1OCc1oc(-c2ccc(C(F)(F)F)cc2)nc1C. The zero-order valence-electron chi connectivity index (χ0n) is 16.8. The van der Waals surface area contributed by atoms with Crippen LogP contribution in [0.5, 0.6) is 11.5 Å². The normalized spacial score (nSPS) is 11.4. The van der Waals surface area contributed by atoms with Crippen molar-refractivity contribution < 1.29 is 37.0 Å². The Kier molecular flexibility index (Phi) is 6.53. The van der Waals surface area contributed by atoms with Crippen molar-refractivity contribution in [2.75, 3.05) is 7.11 Å². The fraction of sp³-hybridized carbons (Fsp3) is 0.273. The number of aryl methyl sites for hydroxylation is 2. The molecule has 0 fully saturated rings. The van der Waals surface area contributed by atoms with Gasteiger partial charge in [0, 0.05) is 12.0 Å². The number of halogens is 3. The van der Waals surface area contributed by atoms with E-state index >= 15 is 0 Å². The molecular formula is C22H20F3NO5. The lowest BCUT2D eigenvalue weighted by Gasteiger charge is -2.11. The maximum atomic E-state index is 12.7. The molecule has 0 unspecified atom stereocenters. The first-order valence-corrected chi connectivity index (χ1v) is 9.33. The van der Waals surface area contributed by atoms with Gasteiger partial charge in [0.15, 0.2) is 17.3 Å². The van der Waals surface area contributed by atoms with Gasteiger partial charge in [-0.2, -0.15) is 13.2 Å². The molecule has 2 aromatic carbocycles. The maximum Gasteiger partial charge on any atom is 0.416 e. The molecule has 0 saturated heterocycles. The van der Waals surface area contributed by atoms with Crippen LogP contribution in [-0.2, 0) is 24.0 Å². The van der Waals surface area contributed by atoms with E-state index in [0.29, 0.717) is 34.9 Å². The number of nitrogens with zero attached hydrogens (tertiary/aromatic N) is 1. The standard InChI is InChI=1S/C22H20F3NO5/c1-13-19(31-21(26-13)15-5-7-16(8-6-15)22(23,24)25)12-30-17-9-3-14(4-10-20(27)28)11-18(17)29-2/h3,5-9,11H,4,10,12H2,1-2H3,(H,27,28). The van der Waals surface area contributed by atoms with Crippen molar-refractivity contribution in [3.63, 3.8) is 0 Å². The molecule has 1 heterocycles. The number of rotatable bonds is 8. The smallest absolute Gasteiger partial charge is 0.416 e. The first-order valence-electron chi connectivity index (χ1n) is 9.33. The summed E-state index contributed by atoms with van der Waals surface area (Å²) in [4.78, 5) is 15.0. The molecule has 9 heteroatoms. The van der Waals surface area contributed by atoms with E-state index in [1.54, 1.807) is 25.1 Å². The quantitative estimate of drug-likeness (QED) is 0.519. The van der Waals surface area contributed by atoms with Crippen LogP contribution in [0.25, 0.3) is 11.5 Å². The van der Waals surface area contributed by atoms with E-state index in [-0.39, 0.29) is 18.9 Å². The number of aromatic nitrogens is 1. The number of oxazole rings is 1. The van der Waals surface area contributed by atoms with Crippen molar-refractivity contribution in [2.45, 2.75) is 32.5 Å². The Morgan fingerprint density at radius 2 is 1.84 bits per heavy atom. The minimum atomic E-state index is -4.41. The largest absolute Gasteiger partial charge is 0.493 e. The molecule has 0 spiro atoms. The van der Waals surface area contributed by atoms with Crippen LogP contribution in [0.3, 0.4) is 0 Å². The van der Waals surface area contributed by atoms with Gasteiger partial charge in [-0.3, -0.25) is 4.79 Å². The summed E-state index contributed by atoms with van der Waals surface area (Å²) in [5, 5.41) is 8.80. The van der Waals surface area contributed by atoms with Crippen molar-refractivity contribution in [3.05, 3.63) is 65.0 Å². The zero-order valence-corrected chi connectivity index (χ0v) is 16.8. The number of hydrogen-bond acceptors (Lipinski definition) is 5. The predicted molar refractivity (Wildman–Crippen MR) is 105 cm³/mol. The van der Waals surface area contributed by atoms with Crippen LogP contribution in [0, 0.1) is 6.92 Å². The molecule has 3 aromatic rings. The molecule has 0 aliphatic carbocycles. The molecule has 0 saturated carbocycles. The Morgan fingerprint density at radius 3 is 2.45 bits per heavy atom. The number of hydrogen-bond donors (Lipinski definition) is 1. The van der Waals surface area contributed by atoms with E-state index in [4.69, 9.17) is 19.0 Å². The summed E-state index contributed by atoms with van der Waals surface area (Å²) < 4.78 is 54.9. The lowest BCUT2D eigenvalue weighted by atomic mass is 10.1. The summed E-state index contributed by atoms with van der Waals surface area (Å²) >= 11 is 0. The van der Waals surface area contributed by atoms with Crippen LogP contribution in [-0.4, -0.2) is 23.2 Å². The number of carboxylic acid groups (broad SMARTS) is 1. The van der Waals surface area contributed by atoms with Gasteiger partial charge in [-0.1, -0.05) is 6.07 Å². The van der Waals surface area contributed by atoms with E-state index in [9.17, 15) is 18.0 Å². The third-order valence-electron chi connectivity index (χ3n) is 4.57. The summed E-state index contributed by atoms with van der Waals surface area (Å²) in [5.74, 6) is 0.619. The van der Waals surface area contributed by atoms with Gasteiger partial charge < -0.3 is 19.0 Å². The molecular weight excluding hydrogens is 415 g/mol. The summed E-state index contributed by atoms with van der Waals surface area (Å²) in [6.07, 6.45) is -4.04. The Hall–Kier alpha value is -3.49. The molecule has 0 atom stereocenters. The second-order valence-electron chi connectivity index (χ2n) is 6.77. The number of aliphatic carboxylic acids is 1. The van der Waals surface area contributed by atoms with Gasteiger partial charge in [-0.15, -0.1) is 0 Å². The average molecular weight is 435 g/mol. The van der Waals surface area contributed by atoms with E-state index in [1.807, 2.05) is 0 Å². The molecule has 31 heavy (non-hydrogen) atoms. The first kappa shape index (κ1) is 22.2. The summed E-state index contributed by atoms with van der Waals surface area (Å²) in [6.45, 7) is 1.74. The fourth-order valence-corrected chi connectivity index (χ4v) is 2.87. The highest BCUT2D eigenvalue weighted by Crippen LogP contribution is 2.32. The van der Waals surface area contributed by atoms with Gasteiger partial charge in [0.05, 0.1) is 18.4 Å². The molecule has 0 aliphatic heterocycles. The lowest BCUT2D eigenvalue weighted by molar-refractivity contribution is -0.138. The molecule has 0 radical (unpaired) electrons. The van der Waals surface area contributed by atoms with E-state index < -0.39 is 17.7 Å². The zero-order chi connectivity index (χ0) is 22.6. The molecule has 1 N–H and O–H groups in total. The summed E-state index contributed by atoms with van der Waals surface area (Å²) in [5.41, 5.74) is 1.02. The predicted octanol–water partition coefficient (Wildman–Crippen LogP) is 5.27. The molecule has 6 nitrogen and oxygen atoms in total. The number of benzene rings is 2. The van der Waals surface area contributed by atoms with Gasteiger partial charge in [-0.05, 0) is 55.3 Å². The van der Waals surface area contributed by atoms with E-state index in [2.05, 4.69) is 4.98 Å². The van der Waals surface area contributed by atoms with Crippen molar-refractivity contribution in [1.82, 2.24) is 4.98 Å². The Bertz CT molecular complexity index is 1060. The monoisotopic (exact) mass is 435 g/mol. The van der Waals surface area contributed by atoms with Gasteiger partial charge >= 0.3 is 12.1 Å². The number of methoxy groups -OCH3 is 1. The Morgan fingerprint density at radius 1 is 1.13 bits per heavy atom. The van der Waals surface area contributed by atoms with Crippen LogP contribution < -0.4 is 9.47 Å². The Balaban J connectivity index is 1.71. The third-order valence-corrected chi connectivity index (χ3v) is 4.57. The number of carboxylic acids is 1. The lowest BCUT2D eigenvalue weighted by Crippen LogP contribution is -2.03. The molecule has 164 valence electrons. The van der Waals surface area contributed by atoms with Crippen molar-refractivity contribution in [3.8, 4) is 23.0 Å². The molecule has 3 rings (SSSR count). The summed E-state index contributed by atoms with van der Waals surface area (Å²) in [6, 6.07) is 9.69. The molecule has 1 aromatic heterocycles. The van der Waals surface area contributed by atoms with E-state index in [0.717, 1.165) is 17.7 Å². The van der Waals surface area contributed by atoms with Crippen LogP contribution in [0.1, 0.15) is 29.0 Å². The third kappa shape index (κ3) is 5.56. The molecule has 0 amide bonds. The van der Waals surface area contributed by atoms with E-state index in [1.165, 1.54) is 19.2 Å². The Labute approximate surface area is 176 Å². The van der Waals surface area contributed by atoms with Crippen LogP contribution >= 0.6 is 0 Å². The van der Waals surface area contributed by atoms with Gasteiger partial charge in [0.2, 0.25) is 5.89 Å². The van der Waals surface area contributed by atoms with Gasteiger partial charge in [-0.25, -0.2) is 4.98 Å². The second-order valence-corrected chi connectivity index (χ2v) is 6.77. The van der Waals surface area contributed by atoms with Gasteiger partial charge in [0.1, 0.15) is 6.61 Å². The first-order chi connectivity index (χ1) is 14.7. The molecule has 0 bridgehead atoms. The minimum Gasteiger partial charge on any atom is -0.493 e. The second kappa shape index (κ2) is 9.11. The summed E-state index contributed by atoms with van der Waals surface area (Å²) in [7, 11) is 1.48. The number of alkyl halides is 3. The minimum absolute atomic E-state index is 0.00729. The van der Waals surface area contributed by atoms with Crippen LogP contribution in [0.15, 0.2) is 46.9 Å².